The zero-order valence-corrected chi connectivity index (χ0v) is 23.8. The van der Waals surface area contributed by atoms with Crippen molar-refractivity contribution in [3.63, 3.8) is 0 Å². The maximum Gasteiger partial charge on any atom is 0.0831 e. The number of fused-ring (bicyclic) bond motifs is 1. The summed E-state index contributed by atoms with van der Waals surface area (Å²) in [6.45, 7) is 11.1. The number of aliphatic hydroxyl groups is 3. The molecule has 4 N–H and O–H groups in total. The van der Waals surface area contributed by atoms with Crippen LogP contribution in [0.2, 0.25) is 0 Å². The summed E-state index contributed by atoms with van der Waals surface area (Å²) in [5, 5.41) is 31.6. The van der Waals surface area contributed by atoms with Crippen LogP contribution in [0.15, 0.2) is 59.9 Å². The minimum absolute atomic E-state index is 0.122. The summed E-state index contributed by atoms with van der Waals surface area (Å²) in [4.78, 5) is 3.47. The third-order valence-corrected chi connectivity index (χ3v) is 10.7. The molecule has 1 aromatic rings. The molecule has 1 heterocycles. The molecule has 0 radical (unpaired) electrons. The molecule has 4 nitrogen and oxygen atoms in total. The number of aromatic amines is 1. The number of aryl methyl sites for hydroxylation is 1. The van der Waals surface area contributed by atoms with Crippen LogP contribution in [0.1, 0.15) is 96.2 Å². The molecule has 0 saturated heterocycles. The van der Waals surface area contributed by atoms with Gasteiger partial charge in [0, 0.05) is 23.7 Å². The highest BCUT2D eigenvalue weighted by molar-refractivity contribution is 5.39. The van der Waals surface area contributed by atoms with Gasteiger partial charge in [-0.15, -0.1) is 0 Å². The predicted molar refractivity (Wildman–Crippen MR) is 155 cm³/mol. The monoisotopic (exact) mass is 519 g/mol. The average molecular weight is 520 g/mol. The summed E-state index contributed by atoms with van der Waals surface area (Å²) >= 11 is 0. The van der Waals surface area contributed by atoms with E-state index in [0.717, 1.165) is 43.3 Å². The topological polar surface area (TPSA) is 76.5 Å². The van der Waals surface area contributed by atoms with Gasteiger partial charge in [0.1, 0.15) is 0 Å². The number of nitrogens with one attached hydrogen (secondary N) is 1. The number of H-pyrrole nitrogens is 1. The number of allylic oxidation sites excluding steroid dienone is 4. The molecule has 0 bridgehead atoms. The van der Waals surface area contributed by atoms with Gasteiger partial charge in [-0.1, -0.05) is 63.6 Å². The smallest absolute Gasteiger partial charge is 0.0831 e. The lowest BCUT2D eigenvalue weighted by Crippen LogP contribution is -2.35. The van der Waals surface area contributed by atoms with Crippen molar-refractivity contribution in [3.8, 4) is 0 Å². The van der Waals surface area contributed by atoms with E-state index >= 15 is 0 Å². The second-order valence-electron chi connectivity index (χ2n) is 13.2. The van der Waals surface area contributed by atoms with Crippen LogP contribution in [0.5, 0.6) is 0 Å². The molecule has 7 atom stereocenters. The Labute approximate surface area is 229 Å². The SMILES string of the molecule is C=C1/C(=C\C=C2/CCC[C@]3(C)[C@@H]([C@H](C)/C=C/[C@@H](O)C4(c5cc(CCC)c[nH]5)CC4)CC[C@@H]23)C[C@@H](O)C[C@@H]1O. The molecule has 5 rings (SSSR count). The summed E-state index contributed by atoms with van der Waals surface area (Å²) in [6.07, 6.45) is 20.7. The van der Waals surface area contributed by atoms with Crippen LogP contribution in [0.4, 0.5) is 0 Å². The summed E-state index contributed by atoms with van der Waals surface area (Å²) in [5.74, 6) is 1.62. The van der Waals surface area contributed by atoms with Crippen LogP contribution in [0.3, 0.4) is 0 Å². The van der Waals surface area contributed by atoms with E-state index in [0.29, 0.717) is 30.6 Å². The Balaban J connectivity index is 1.27. The molecule has 38 heavy (non-hydrogen) atoms. The van der Waals surface area contributed by atoms with E-state index in [4.69, 9.17) is 0 Å². The van der Waals surface area contributed by atoms with Crippen molar-refractivity contribution in [1.82, 2.24) is 4.98 Å². The summed E-state index contributed by atoms with van der Waals surface area (Å²) in [7, 11) is 0. The van der Waals surface area contributed by atoms with Gasteiger partial charge in [-0.2, -0.15) is 0 Å². The van der Waals surface area contributed by atoms with Crippen LogP contribution in [-0.4, -0.2) is 38.6 Å². The van der Waals surface area contributed by atoms with E-state index in [2.05, 4.69) is 68.9 Å². The van der Waals surface area contributed by atoms with E-state index < -0.39 is 18.3 Å². The van der Waals surface area contributed by atoms with Gasteiger partial charge in [-0.25, -0.2) is 0 Å². The van der Waals surface area contributed by atoms with Gasteiger partial charge in [0.05, 0.1) is 18.3 Å². The Morgan fingerprint density at radius 3 is 2.68 bits per heavy atom. The van der Waals surface area contributed by atoms with Crippen LogP contribution in [0.25, 0.3) is 0 Å². The summed E-state index contributed by atoms with van der Waals surface area (Å²) in [5.41, 5.74) is 5.99. The Morgan fingerprint density at radius 2 is 1.95 bits per heavy atom. The lowest BCUT2D eigenvalue weighted by molar-refractivity contribution is 0.0862. The molecule has 0 amide bonds. The van der Waals surface area contributed by atoms with Crippen molar-refractivity contribution >= 4 is 0 Å². The molecule has 0 aliphatic heterocycles. The number of rotatable bonds is 8. The van der Waals surface area contributed by atoms with Gasteiger partial charge in [0.2, 0.25) is 0 Å². The first-order chi connectivity index (χ1) is 18.2. The van der Waals surface area contributed by atoms with Crippen molar-refractivity contribution in [2.45, 2.75) is 115 Å². The predicted octanol–water partition coefficient (Wildman–Crippen LogP) is 6.69. The first-order valence-electron chi connectivity index (χ1n) is 15.2. The normalized spacial score (nSPS) is 36.6. The molecule has 4 heteroatoms. The number of aromatic nitrogens is 1. The van der Waals surface area contributed by atoms with Crippen molar-refractivity contribution in [1.29, 1.82) is 0 Å². The molecule has 0 unspecified atom stereocenters. The number of hydrogen-bond donors (Lipinski definition) is 4. The van der Waals surface area contributed by atoms with Crippen molar-refractivity contribution in [2.24, 2.45) is 23.2 Å². The molecule has 4 aliphatic carbocycles. The third-order valence-electron chi connectivity index (χ3n) is 10.7. The highest BCUT2D eigenvalue weighted by atomic mass is 16.3. The van der Waals surface area contributed by atoms with Crippen molar-refractivity contribution in [2.75, 3.05) is 0 Å². The fraction of sp³-hybridized carbons (Fsp3) is 0.647. The van der Waals surface area contributed by atoms with E-state index in [1.54, 1.807) is 0 Å². The number of hydrogen-bond acceptors (Lipinski definition) is 3. The van der Waals surface area contributed by atoms with Crippen LogP contribution >= 0.6 is 0 Å². The molecule has 0 spiro atoms. The van der Waals surface area contributed by atoms with E-state index in [-0.39, 0.29) is 10.8 Å². The Morgan fingerprint density at radius 1 is 1.16 bits per heavy atom. The molecule has 4 fully saturated rings. The maximum atomic E-state index is 11.2. The zero-order valence-electron chi connectivity index (χ0n) is 23.8. The van der Waals surface area contributed by atoms with Crippen LogP contribution in [-0.2, 0) is 11.8 Å². The highest BCUT2D eigenvalue weighted by Crippen LogP contribution is 2.60. The minimum Gasteiger partial charge on any atom is -0.393 e. The summed E-state index contributed by atoms with van der Waals surface area (Å²) in [6, 6.07) is 2.27. The Bertz CT molecular complexity index is 1100. The molecule has 4 saturated carbocycles. The van der Waals surface area contributed by atoms with Gasteiger partial charge in [0.15, 0.2) is 0 Å². The van der Waals surface area contributed by atoms with Crippen LogP contribution in [0, 0.1) is 23.2 Å². The van der Waals surface area contributed by atoms with Crippen molar-refractivity contribution in [3.05, 3.63) is 71.1 Å². The quantitative estimate of drug-likeness (QED) is 0.289. The minimum atomic E-state index is -0.635. The maximum absolute atomic E-state index is 11.2. The fourth-order valence-corrected chi connectivity index (χ4v) is 8.23. The molecule has 1 aromatic heterocycles. The first kappa shape index (κ1) is 27.7. The zero-order chi connectivity index (χ0) is 27.1. The van der Waals surface area contributed by atoms with Gasteiger partial charge >= 0.3 is 0 Å². The fourth-order valence-electron chi connectivity index (χ4n) is 8.23. The Kier molecular flexibility index (Phi) is 7.97. The van der Waals surface area contributed by atoms with Crippen molar-refractivity contribution < 1.29 is 15.3 Å². The van der Waals surface area contributed by atoms with Crippen LogP contribution < -0.4 is 0 Å². The van der Waals surface area contributed by atoms with Gasteiger partial charge < -0.3 is 20.3 Å². The van der Waals surface area contributed by atoms with Gasteiger partial charge in [0.25, 0.3) is 0 Å². The van der Waals surface area contributed by atoms with Gasteiger partial charge in [-0.3, -0.25) is 0 Å². The second-order valence-corrected chi connectivity index (χ2v) is 13.2. The lowest BCUT2D eigenvalue weighted by atomic mass is 9.61. The second kappa shape index (κ2) is 10.9. The Hall–Kier alpha value is -1.88. The standard InChI is InChI=1S/C34H49NO3/c1-5-7-24-18-31(35-21-24)34(16-17-34)32(38)14-9-22(2)28-12-13-29-25(8-6-15-33(28,29)4)10-11-26-19-27(36)20-30(37)23(26)3/h9-11,14,18,21-22,27-30,32,35-38H,3,5-8,12-13,15-17,19-20H2,1-2,4H3/b14-9+,25-10+,26-11-/t22-,27-,28-,29+,30+,32-,33-/m1/s1. The number of aliphatic hydroxyl groups excluding tert-OH is 3. The highest BCUT2D eigenvalue weighted by Gasteiger charge is 2.52. The molecule has 0 aromatic carbocycles. The first-order valence-corrected chi connectivity index (χ1v) is 15.2. The largest absolute Gasteiger partial charge is 0.393 e. The molecule has 208 valence electrons. The van der Waals surface area contributed by atoms with Gasteiger partial charge in [-0.05, 0) is 104 Å². The molecular formula is C34H49NO3. The third kappa shape index (κ3) is 5.17. The van der Waals surface area contributed by atoms with E-state index in [1.807, 2.05) is 0 Å². The average Bonchev–Trinajstić information content (AvgIpc) is 3.42. The van der Waals surface area contributed by atoms with E-state index in [9.17, 15) is 15.3 Å². The summed E-state index contributed by atoms with van der Waals surface area (Å²) < 4.78 is 0. The molecular weight excluding hydrogens is 470 g/mol. The lowest BCUT2D eigenvalue weighted by Gasteiger charge is -2.44. The van der Waals surface area contributed by atoms with E-state index in [1.165, 1.54) is 42.5 Å². The molecule has 4 aliphatic rings.